The molecular formula is C13H17NO4. The van der Waals surface area contributed by atoms with E-state index in [1.165, 1.54) is 6.92 Å². The third-order valence-corrected chi connectivity index (χ3v) is 2.35. The molecule has 0 aromatic heterocycles. The van der Waals surface area contributed by atoms with E-state index in [0.29, 0.717) is 5.56 Å². The number of carbonyl (C=O) groups is 2. The van der Waals surface area contributed by atoms with Crippen molar-refractivity contribution < 1.29 is 19.4 Å². The second-order valence-corrected chi connectivity index (χ2v) is 3.81. The van der Waals surface area contributed by atoms with Gasteiger partial charge >= 0.3 is 5.97 Å². The second-order valence-electron chi connectivity index (χ2n) is 3.81. The van der Waals surface area contributed by atoms with E-state index in [1.54, 1.807) is 37.3 Å². The van der Waals surface area contributed by atoms with Gasteiger partial charge in [0.15, 0.2) is 6.04 Å². The van der Waals surface area contributed by atoms with Crippen LogP contribution in [0.3, 0.4) is 0 Å². The maximum absolute atomic E-state index is 11.8. The monoisotopic (exact) mass is 251 g/mol. The Morgan fingerprint density at radius 2 is 1.94 bits per heavy atom. The van der Waals surface area contributed by atoms with Crippen LogP contribution in [0.15, 0.2) is 30.3 Å². The SMILES string of the molecule is CCOC(=O)[C@H](NC(=O)c1ccccc1)[C@@H](C)O. The van der Waals surface area contributed by atoms with Crippen molar-refractivity contribution in [2.45, 2.75) is 26.0 Å². The molecule has 5 nitrogen and oxygen atoms in total. The molecule has 98 valence electrons. The summed E-state index contributed by atoms with van der Waals surface area (Å²) in [6.07, 6.45) is -1.02. The number of ether oxygens (including phenoxy) is 1. The van der Waals surface area contributed by atoms with Crippen molar-refractivity contribution in [1.82, 2.24) is 5.32 Å². The van der Waals surface area contributed by atoms with Crippen LogP contribution in [0.2, 0.25) is 0 Å². The van der Waals surface area contributed by atoms with Gasteiger partial charge in [-0.15, -0.1) is 0 Å². The lowest BCUT2D eigenvalue weighted by molar-refractivity contribution is -0.148. The normalized spacial score (nSPS) is 13.5. The van der Waals surface area contributed by atoms with E-state index in [9.17, 15) is 14.7 Å². The standard InChI is InChI=1S/C13H17NO4/c1-3-18-13(17)11(9(2)15)14-12(16)10-7-5-4-6-8-10/h4-9,11,15H,3H2,1-2H3,(H,14,16)/t9-,11-/m1/s1. The second kappa shape index (κ2) is 6.76. The molecule has 18 heavy (non-hydrogen) atoms. The number of benzene rings is 1. The van der Waals surface area contributed by atoms with Crippen molar-refractivity contribution in [2.75, 3.05) is 6.61 Å². The van der Waals surface area contributed by atoms with Crippen molar-refractivity contribution in [1.29, 1.82) is 0 Å². The summed E-state index contributed by atoms with van der Waals surface area (Å²) in [6.45, 7) is 3.28. The quantitative estimate of drug-likeness (QED) is 0.756. The molecule has 0 radical (unpaired) electrons. The summed E-state index contributed by atoms with van der Waals surface area (Å²) in [4.78, 5) is 23.4. The fourth-order valence-electron chi connectivity index (χ4n) is 1.42. The number of hydrogen-bond acceptors (Lipinski definition) is 4. The predicted molar refractivity (Wildman–Crippen MR) is 66.0 cm³/mol. The molecule has 0 aliphatic heterocycles. The molecular weight excluding hydrogens is 234 g/mol. The molecule has 1 aromatic carbocycles. The minimum atomic E-state index is -1.06. The minimum Gasteiger partial charge on any atom is -0.464 e. The Hall–Kier alpha value is -1.88. The lowest BCUT2D eigenvalue weighted by Crippen LogP contribution is -2.48. The van der Waals surface area contributed by atoms with E-state index < -0.39 is 24.0 Å². The molecule has 0 saturated carbocycles. The first-order chi connectivity index (χ1) is 8.56. The average molecular weight is 251 g/mol. The van der Waals surface area contributed by atoms with Gasteiger partial charge in [0, 0.05) is 5.56 Å². The maximum atomic E-state index is 11.8. The van der Waals surface area contributed by atoms with E-state index in [2.05, 4.69) is 5.32 Å². The minimum absolute atomic E-state index is 0.198. The van der Waals surface area contributed by atoms with Gasteiger partial charge in [-0.25, -0.2) is 4.79 Å². The topological polar surface area (TPSA) is 75.6 Å². The smallest absolute Gasteiger partial charge is 0.331 e. The van der Waals surface area contributed by atoms with E-state index in [1.807, 2.05) is 0 Å². The van der Waals surface area contributed by atoms with Crippen LogP contribution in [-0.4, -0.2) is 35.7 Å². The molecule has 2 N–H and O–H groups in total. The van der Waals surface area contributed by atoms with Crippen molar-refractivity contribution in [2.24, 2.45) is 0 Å². The molecule has 0 saturated heterocycles. The van der Waals surface area contributed by atoms with Crippen LogP contribution in [0, 0.1) is 0 Å². The molecule has 0 unspecified atom stereocenters. The highest BCUT2D eigenvalue weighted by molar-refractivity contribution is 5.96. The number of aliphatic hydroxyl groups excluding tert-OH is 1. The van der Waals surface area contributed by atoms with Crippen LogP contribution < -0.4 is 5.32 Å². The van der Waals surface area contributed by atoms with Crippen LogP contribution in [0.25, 0.3) is 0 Å². The van der Waals surface area contributed by atoms with E-state index in [-0.39, 0.29) is 6.61 Å². The van der Waals surface area contributed by atoms with Gasteiger partial charge in [-0.2, -0.15) is 0 Å². The fourth-order valence-corrected chi connectivity index (χ4v) is 1.42. The molecule has 2 atom stereocenters. The Kier molecular flexibility index (Phi) is 5.32. The molecule has 1 amide bonds. The summed E-state index contributed by atoms with van der Waals surface area (Å²) in [7, 11) is 0. The van der Waals surface area contributed by atoms with Gasteiger partial charge < -0.3 is 15.2 Å². The van der Waals surface area contributed by atoms with Gasteiger partial charge in [0.1, 0.15) is 0 Å². The summed E-state index contributed by atoms with van der Waals surface area (Å²) in [5.74, 6) is -1.06. The van der Waals surface area contributed by atoms with Gasteiger partial charge in [-0.3, -0.25) is 4.79 Å². The van der Waals surface area contributed by atoms with Crippen molar-refractivity contribution >= 4 is 11.9 Å². The molecule has 0 aliphatic carbocycles. The van der Waals surface area contributed by atoms with Gasteiger partial charge in [0.2, 0.25) is 0 Å². The van der Waals surface area contributed by atoms with Crippen molar-refractivity contribution in [3.63, 3.8) is 0 Å². The van der Waals surface area contributed by atoms with Crippen molar-refractivity contribution in [3.8, 4) is 0 Å². The van der Waals surface area contributed by atoms with Gasteiger partial charge in [-0.05, 0) is 26.0 Å². The Bertz CT molecular complexity index is 403. The van der Waals surface area contributed by atoms with Gasteiger partial charge in [0.25, 0.3) is 5.91 Å². The molecule has 1 aromatic rings. The van der Waals surface area contributed by atoms with Crippen molar-refractivity contribution in [3.05, 3.63) is 35.9 Å². The summed E-state index contributed by atoms with van der Waals surface area (Å²) >= 11 is 0. The number of esters is 1. The first-order valence-corrected chi connectivity index (χ1v) is 5.77. The first kappa shape index (κ1) is 14.2. The van der Waals surface area contributed by atoms with Crippen LogP contribution in [0.1, 0.15) is 24.2 Å². The zero-order valence-corrected chi connectivity index (χ0v) is 10.4. The van der Waals surface area contributed by atoms with E-state index in [4.69, 9.17) is 4.74 Å². The third kappa shape index (κ3) is 3.85. The molecule has 0 heterocycles. The third-order valence-electron chi connectivity index (χ3n) is 2.35. The summed E-state index contributed by atoms with van der Waals surface area (Å²) in [5, 5.41) is 11.9. The molecule has 5 heteroatoms. The highest BCUT2D eigenvalue weighted by Gasteiger charge is 2.27. The number of aliphatic hydroxyl groups is 1. The van der Waals surface area contributed by atoms with Crippen LogP contribution >= 0.6 is 0 Å². The number of nitrogens with one attached hydrogen (secondary N) is 1. The largest absolute Gasteiger partial charge is 0.464 e. The van der Waals surface area contributed by atoms with Crippen LogP contribution in [0.5, 0.6) is 0 Å². The van der Waals surface area contributed by atoms with E-state index in [0.717, 1.165) is 0 Å². The highest BCUT2D eigenvalue weighted by atomic mass is 16.5. The molecule has 0 spiro atoms. The molecule has 0 fully saturated rings. The lowest BCUT2D eigenvalue weighted by atomic mass is 10.1. The first-order valence-electron chi connectivity index (χ1n) is 5.77. The highest BCUT2D eigenvalue weighted by Crippen LogP contribution is 2.02. The zero-order valence-electron chi connectivity index (χ0n) is 10.4. The average Bonchev–Trinajstić information content (AvgIpc) is 2.36. The Balaban J connectivity index is 2.73. The van der Waals surface area contributed by atoms with Crippen LogP contribution in [0.4, 0.5) is 0 Å². The number of amides is 1. The maximum Gasteiger partial charge on any atom is 0.331 e. The predicted octanol–water partition coefficient (Wildman–Crippen LogP) is 0.729. The fraction of sp³-hybridized carbons (Fsp3) is 0.385. The number of carbonyl (C=O) groups excluding carboxylic acids is 2. The Morgan fingerprint density at radius 3 is 2.44 bits per heavy atom. The lowest BCUT2D eigenvalue weighted by Gasteiger charge is -2.19. The molecule has 0 aliphatic rings. The van der Waals surface area contributed by atoms with Crippen LogP contribution in [-0.2, 0) is 9.53 Å². The molecule has 0 bridgehead atoms. The Morgan fingerprint density at radius 1 is 1.33 bits per heavy atom. The van der Waals surface area contributed by atoms with Gasteiger partial charge in [-0.1, -0.05) is 18.2 Å². The number of hydrogen-bond donors (Lipinski definition) is 2. The molecule has 1 rings (SSSR count). The summed E-state index contributed by atoms with van der Waals surface area (Å²) < 4.78 is 4.79. The Labute approximate surface area is 106 Å². The zero-order chi connectivity index (χ0) is 13.5. The number of rotatable bonds is 5. The van der Waals surface area contributed by atoms with E-state index >= 15 is 0 Å². The summed E-state index contributed by atoms with van der Waals surface area (Å²) in [5.41, 5.74) is 0.424. The van der Waals surface area contributed by atoms with Gasteiger partial charge in [0.05, 0.1) is 12.7 Å². The summed E-state index contributed by atoms with van der Waals surface area (Å²) in [6, 6.07) is 7.42.